The highest BCUT2D eigenvalue weighted by atomic mass is 79.9. The van der Waals surface area contributed by atoms with E-state index in [9.17, 15) is 14.7 Å². The van der Waals surface area contributed by atoms with E-state index in [1.807, 2.05) is 0 Å². The lowest BCUT2D eigenvalue weighted by atomic mass is 10.1. The maximum absolute atomic E-state index is 12.3. The molecule has 1 aromatic carbocycles. The number of likely N-dealkylation sites (tertiary alicyclic amines) is 1. The first-order valence-electron chi connectivity index (χ1n) is 5.67. The first-order valence-corrected chi connectivity index (χ1v) is 6.46. The summed E-state index contributed by atoms with van der Waals surface area (Å²) < 4.78 is 0.539. The summed E-state index contributed by atoms with van der Waals surface area (Å²) in [7, 11) is 0. The van der Waals surface area contributed by atoms with Gasteiger partial charge in [-0.25, -0.2) is 4.79 Å². The monoisotopic (exact) mass is 328 g/mol. The number of carboxylic acids is 1. The van der Waals surface area contributed by atoms with Crippen molar-refractivity contribution < 1.29 is 19.8 Å². The molecule has 1 aromatic rings. The van der Waals surface area contributed by atoms with Crippen molar-refractivity contribution in [2.75, 3.05) is 12.3 Å². The molecule has 2 unspecified atom stereocenters. The molecule has 19 heavy (non-hydrogen) atoms. The third-order valence-electron chi connectivity index (χ3n) is 3.05. The van der Waals surface area contributed by atoms with Crippen molar-refractivity contribution in [2.24, 2.45) is 0 Å². The van der Waals surface area contributed by atoms with Crippen molar-refractivity contribution in [3.05, 3.63) is 28.2 Å². The van der Waals surface area contributed by atoms with Crippen molar-refractivity contribution >= 4 is 33.5 Å². The van der Waals surface area contributed by atoms with Gasteiger partial charge in [-0.05, 0) is 34.1 Å². The normalized spacial score (nSPS) is 22.5. The van der Waals surface area contributed by atoms with Crippen LogP contribution < -0.4 is 5.73 Å². The van der Waals surface area contributed by atoms with E-state index in [0.717, 1.165) is 4.90 Å². The summed E-state index contributed by atoms with van der Waals surface area (Å²) in [5, 5.41) is 18.6. The van der Waals surface area contributed by atoms with Gasteiger partial charge in [-0.3, -0.25) is 4.79 Å². The van der Waals surface area contributed by atoms with E-state index in [1.165, 1.54) is 6.07 Å². The molecule has 0 spiro atoms. The Morgan fingerprint density at radius 2 is 2.11 bits per heavy atom. The van der Waals surface area contributed by atoms with Crippen LogP contribution in [0.3, 0.4) is 0 Å². The molecular weight excluding hydrogens is 316 g/mol. The van der Waals surface area contributed by atoms with Crippen molar-refractivity contribution in [3.63, 3.8) is 0 Å². The number of carbonyl (C=O) groups excluding carboxylic acids is 1. The van der Waals surface area contributed by atoms with Crippen molar-refractivity contribution in [3.8, 4) is 0 Å². The number of aliphatic carboxylic acids is 1. The highest BCUT2D eigenvalue weighted by Gasteiger charge is 2.39. The molecule has 4 N–H and O–H groups in total. The largest absolute Gasteiger partial charge is 0.480 e. The van der Waals surface area contributed by atoms with Gasteiger partial charge in [0.25, 0.3) is 5.91 Å². The van der Waals surface area contributed by atoms with Crippen LogP contribution in [-0.4, -0.2) is 45.7 Å². The van der Waals surface area contributed by atoms with Crippen LogP contribution in [0.25, 0.3) is 0 Å². The molecule has 0 bridgehead atoms. The Kier molecular flexibility index (Phi) is 3.77. The van der Waals surface area contributed by atoms with Gasteiger partial charge in [0.1, 0.15) is 6.04 Å². The van der Waals surface area contributed by atoms with Crippen molar-refractivity contribution in [1.29, 1.82) is 0 Å². The minimum Gasteiger partial charge on any atom is -0.480 e. The van der Waals surface area contributed by atoms with Crippen LogP contribution in [0.2, 0.25) is 0 Å². The van der Waals surface area contributed by atoms with E-state index < -0.39 is 24.0 Å². The third-order valence-corrected chi connectivity index (χ3v) is 3.74. The molecule has 1 fully saturated rings. The summed E-state index contributed by atoms with van der Waals surface area (Å²) in [5.41, 5.74) is 6.34. The zero-order chi connectivity index (χ0) is 14.2. The quantitative estimate of drug-likeness (QED) is 0.693. The van der Waals surface area contributed by atoms with Gasteiger partial charge < -0.3 is 20.8 Å². The molecule has 7 heteroatoms. The maximum Gasteiger partial charge on any atom is 0.326 e. The van der Waals surface area contributed by atoms with E-state index >= 15 is 0 Å². The number of carbonyl (C=O) groups is 2. The zero-order valence-corrected chi connectivity index (χ0v) is 11.5. The van der Waals surface area contributed by atoms with Crippen LogP contribution in [0.5, 0.6) is 0 Å². The number of aliphatic hydroxyl groups excluding tert-OH is 1. The Balaban J connectivity index is 2.33. The van der Waals surface area contributed by atoms with Gasteiger partial charge in [-0.1, -0.05) is 0 Å². The molecule has 1 aliphatic heterocycles. The van der Waals surface area contributed by atoms with Crippen LogP contribution >= 0.6 is 15.9 Å². The number of amides is 1. The highest BCUT2D eigenvalue weighted by molar-refractivity contribution is 9.10. The second-order valence-corrected chi connectivity index (χ2v) is 5.29. The van der Waals surface area contributed by atoms with Gasteiger partial charge >= 0.3 is 5.97 Å². The number of nitrogens with two attached hydrogens (primary N) is 1. The number of anilines is 1. The van der Waals surface area contributed by atoms with Crippen LogP contribution in [-0.2, 0) is 4.79 Å². The predicted molar refractivity (Wildman–Crippen MR) is 71.6 cm³/mol. The maximum atomic E-state index is 12.3. The van der Waals surface area contributed by atoms with Gasteiger partial charge in [-0.2, -0.15) is 0 Å². The lowest BCUT2D eigenvalue weighted by Crippen LogP contribution is -2.40. The average Bonchev–Trinajstić information content (AvgIpc) is 2.74. The van der Waals surface area contributed by atoms with E-state index in [4.69, 9.17) is 10.8 Å². The van der Waals surface area contributed by atoms with Gasteiger partial charge in [0, 0.05) is 23.1 Å². The summed E-state index contributed by atoms with van der Waals surface area (Å²) in [4.78, 5) is 24.6. The van der Waals surface area contributed by atoms with Gasteiger partial charge in [0.2, 0.25) is 0 Å². The Labute approximate surface area is 117 Å². The van der Waals surface area contributed by atoms with Gasteiger partial charge in [0.05, 0.1) is 11.7 Å². The smallest absolute Gasteiger partial charge is 0.326 e. The fraction of sp³-hybridized carbons (Fsp3) is 0.333. The van der Waals surface area contributed by atoms with Gasteiger partial charge in [0.15, 0.2) is 0 Å². The number of hydrogen-bond acceptors (Lipinski definition) is 4. The van der Waals surface area contributed by atoms with E-state index in [-0.39, 0.29) is 13.0 Å². The minimum atomic E-state index is -1.12. The molecule has 0 saturated carbocycles. The van der Waals surface area contributed by atoms with Crippen LogP contribution in [0.4, 0.5) is 5.69 Å². The first kappa shape index (κ1) is 13.8. The van der Waals surface area contributed by atoms with Crippen molar-refractivity contribution in [1.82, 2.24) is 4.90 Å². The molecule has 1 amide bonds. The van der Waals surface area contributed by atoms with E-state index in [0.29, 0.717) is 15.7 Å². The highest BCUT2D eigenvalue weighted by Crippen LogP contribution is 2.26. The molecule has 6 nitrogen and oxygen atoms in total. The summed E-state index contributed by atoms with van der Waals surface area (Å²) >= 11 is 3.24. The number of hydrogen-bond donors (Lipinski definition) is 3. The lowest BCUT2D eigenvalue weighted by Gasteiger charge is -2.21. The molecule has 102 valence electrons. The third kappa shape index (κ3) is 2.71. The molecule has 1 saturated heterocycles. The predicted octanol–water partition coefficient (Wildman–Crippen LogP) is 0.691. The van der Waals surface area contributed by atoms with E-state index in [1.54, 1.807) is 12.1 Å². The Bertz CT molecular complexity index is 534. The lowest BCUT2D eigenvalue weighted by molar-refractivity contribution is -0.141. The standard InChI is InChI=1S/C12H13BrN2O4/c13-9-2-1-6(14)3-8(9)11(17)15-5-7(16)4-10(15)12(18)19/h1-3,7,10,16H,4-5,14H2,(H,18,19). The second kappa shape index (κ2) is 5.18. The molecule has 2 rings (SSSR count). The van der Waals surface area contributed by atoms with E-state index in [2.05, 4.69) is 15.9 Å². The summed E-state index contributed by atoms with van der Waals surface area (Å²) in [5.74, 6) is -1.58. The number of benzene rings is 1. The number of aliphatic hydroxyl groups is 1. The molecule has 2 atom stereocenters. The number of nitrogens with zero attached hydrogens (tertiary/aromatic N) is 1. The first-order chi connectivity index (χ1) is 8.90. The molecule has 0 aromatic heterocycles. The van der Waals surface area contributed by atoms with Crippen molar-refractivity contribution in [2.45, 2.75) is 18.6 Å². The Morgan fingerprint density at radius 3 is 2.74 bits per heavy atom. The number of nitrogen functional groups attached to an aromatic ring is 1. The topological polar surface area (TPSA) is 104 Å². The van der Waals surface area contributed by atoms with Gasteiger partial charge in [-0.15, -0.1) is 0 Å². The number of carboxylic acid groups (broad SMARTS) is 1. The molecular formula is C12H13BrN2O4. The number of halogens is 1. The summed E-state index contributed by atoms with van der Waals surface area (Å²) in [6.07, 6.45) is -0.772. The number of β-amino-alcohol motifs (C(OH)–C–C–N with tert-alkyl or cyclic N) is 1. The fourth-order valence-electron chi connectivity index (χ4n) is 2.13. The van der Waals surface area contributed by atoms with Crippen LogP contribution in [0.15, 0.2) is 22.7 Å². The SMILES string of the molecule is Nc1ccc(Br)c(C(=O)N2CC(O)CC2C(=O)O)c1. The summed E-state index contributed by atoms with van der Waals surface area (Å²) in [6, 6.07) is 3.74. The Hall–Kier alpha value is -1.60. The van der Waals surface area contributed by atoms with Crippen LogP contribution in [0, 0.1) is 0 Å². The molecule has 0 radical (unpaired) electrons. The molecule has 0 aliphatic carbocycles. The second-order valence-electron chi connectivity index (χ2n) is 4.44. The summed E-state index contributed by atoms with van der Waals surface area (Å²) in [6.45, 7) is 0.0110. The number of rotatable bonds is 2. The molecule has 1 heterocycles. The fourth-order valence-corrected chi connectivity index (χ4v) is 2.55. The Morgan fingerprint density at radius 1 is 1.42 bits per heavy atom. The molecule has 1 aliphatic rings. The zero-order valence-electron chi connectivity index (χ0n) is 9.91. The van der Waals surface area contributed by atoms with Crippen LogP contribution in [0.1, 0.15) is 16.8 Å². The average molecular weight is 329 g/mol. The minimum absolute atomic E-state index is 0.0110.